The molecule has 2 aromatic carbocycles. The predicted molar refractivity (Wildman–Crippen MR) is 110 cm³/mol. The van der Waals surface area contributed by atoms with Gasteiger partial charge in [0.15, 0.2) is 5.82 Å². The zero-order valence-electron chi connectivity index (χ0n) is 14.9. The molecule has 0 fully saturated rings. The highest BCUT2D eigenvalue weighted by Crippen LogP contribution is 2.23. The van der Waals surface area contributed by atoms with Crippen LogP contribution in [0, 0.1) is 5.82 Å². The van der Waals surface area contributed by atoms with Crippen LogP contribution in [0.3, 0.4) is 0 Å². The van der Waals surface area contributed by atoms with Gasteiger partial charge in [0, 0.05) is 22.3 Å². The van der Waals surface area contributed by atoms with Gasteiger partial charge in [-0.05, 0) is 24.3 Å². The normalized spacial score (nSPS) is 10.9. The van der Waals surface area contributed by atoms with E-state index in [0.29, 0.717) is 16.3 Å². The second-order valence-electron chi connectivity index (χ2n) is 6.24. The molecular weight excluding hydrogens is 416 g/mol. The summed E-state index contributed by atoms with van der Waals surface area (Å²) in [5.41, 5.74) is 2.13. The topological polar surface area (TPSA) is 75.6 Å². The monoisotopic (exact) mass is 429 g/mol. The number of benzene rings is 2. The number of hydrogen-bond acceptors (Lipinski definition) is 3. The van der Waals surface area contributed by atoms with Crippen molar-refractivity contribution in [1.29, 1.82) is 0 Å². The third-order valence-corrected chi connectivity index (χ3v) is 4.73. The van der Waals surface area contributed by atoms with E-state index in [1.807, 2.05) is 0 Å². The van der Waals surface area contributed by atoms with Gasteiger partial charge >= 0.3 is 0 Å². The van der Waals surface area contributed by atoms with Gasteiger partial charge in [0.2, 0.25) is 0 Å². The lowest BCUT2D eigenvalue weighted by Crippen LogP contribution is -2.13. The van der Waals surface area contributed by atoms with Crippen LogP contribution < -0.4 is 5.32 Å². The Morgan fingerprint density at radius 2 is 1.90 bits per heavy atom. The lowest BCUT2D eigenvalue weighted by molar-refractivity contribution is 0.102. The molecule has 0 radical (unpaired) electrons. The number of aromatic amines is 1. The number of amides is 1. The fourth-order valence-corrected chi connectivity index (χ4v) is 3.07. The molecule has 2 heterocycles. The van der Waals surface area contributed by atoms with Gasteiger partial charge in [-0.25, -0.2) is 4.39 Å². The average Bonchev–Trinajstić information content (AvgIpc) is 3.32. The van der Waals surface area contributed by atoms with Crippen LogP contribution in [0.4, 0.5) is 10.2 Å². The first-order valence-corrected chi connectivity index (χ1v) is 9.34. The van der Waals surface area contributed by atoms with E-state index in [0.717, 1.165) is 5.56 Å². The minimum absolute atomic E-state index is 0.177. The highest BCUT2D eigenvalue weighted by molar-refractivity contribution is 6.33. The molecular formula is C20H14Cl2FN5O. The molecule has 6 nitrogen and oxygen atoms in total. The van der Waals surface area contributed by atoms with Crippen LogP contribution in [0.15, 0.2) is 60.8 Å². The number of H-pyrrole nitrogens is 1. The van der Waals surface area contributed by atoms with E-state index in [1.54, 1.807) is 48.5 Å². The van der Waals surface area contributed by atoms with Crippen molar-refractivity contribution >= 4 is 34.9 Å². The second-order valence-corrected chi connectivity index (χ2v) is 7.09. The summed E-state index contributed by atoms with van der Waals surface area (Å²) in [7, 11) is 0. The van der Waals surface area contributed by atoms with Gasteiger partial charge < -0.3 is 5.32 Å². The summed E-state index contributed by atoms with van der Waals surface area (Å²) in [4.78, 5) is 12.5. The highest BCUT2D eigenvalue weighted by Gasteiger charge is 2.16. The Morgan fingerprint density at radius 3 is 2.66 bits per heavy atom. The molecule has 0 spiro atoms. The Hall–Kier alpha value is -3.16. The molecule has 0 aliphatic carbocycles. The maximum absolute atomic E-state index is 13.8. The fraction of sp³-hybridized carbons (Fsp3) is 0.0500. The number of nitrogens with one attached hydrogen (secondary N) is 2. The molecule has 146 valence electrons. The van der Waals surface area contributed by atoms with Crippen molar-refractivity contribution in [3.63, 3.8) is 0 Å². The van der Waals surface area contributed by atoms with Gasteiger partial charge in [0.25, 0.3) is 5.91 Å². The van der Waals surface area contributed by atoms with E-state index < -0.39 is 5.91 Å². The molecule has 9 heteroatoms. The van der Waals surface area contributed by atoms with Crippen LogP contribution in [0.1, 0.15) is 16.1 Å². The van der Waals surface area contributed by atoms with Gasteiger partial charge in [-0.1, -0.05) is 53.5 Å². The van der Waals surface area contributed by atoms with E-state index in [-0.39, 0.29) is 28.9 Å². The molecule has 1 amide bonds. The van der Waals surface area contributed by atoms with E-state index in [2.05, 4.69) is 20.6 Å². The van der Waals surface area contributed by atoms with Crippen molar-refractivity contribution in [2.45, 2.75) is 6.54 Å². The molecule has 4 aromatic rings. The van der Waals surface area contributed by atoms with Gasteiger partial charge in [-0.15, -0.1) is 0 Å². The summed E-state index contributed by atoms with van der Waals surface area (Å²) < 4.78 is 15.3. The predicted octanol–water partition coefficient (Wildman–Crippen LogP) is 5.02. The van der Waals surface area contributed by atoms with Crippen molar-refractivity contribution in [3.05, 3.63) is 87.9 Å². The largest absolute Gasteiger partial charge is 0.302 e. The minimum Gasteiger partial charge on any atom is -0.302 e. The number of nitrogens with zero attached hydrogens (tertiary/aromatic N) is 3. The van der Waals surface area contributed by atoms with E-state index in [9.17, 15) is 9.18 Å². The van der Waals surface area contributed by atoms with Crippen LogP contribution in [0.5, 0.6) is 0 Å². The fourth-order valence-electron chi connectivity index (χ4n) is 2.75. The number of carbonyl (C=O) groups excluding carboxylic acids is 1. The summed E-state index contributed by atoms with van der Waals surface area (Å²) >= 11 is 12.1. The number of carbonyl (C=O) groups is 1. The van der Waals surface area contributed by atoms with Crippen LogP contribution in [-0.4, -0.2) is 25.9 Å². The Balaban J connectivity index is 1.48. The average molecular weight is 430 g/mol. The quantitative estimate of drug-likeness (QED) is 0.467. The summed E-state index contributed by atoms with van der Waals surface area (Å²) in [6, 6.07) is 15.1. The summed E-state index contributed by atoms with van der Waals surface area (Å²) in [6.07, 6.45) is 1.52. The third kappa shape index (κ3) is 4.31. The highest BCUT2D eigenvalue weighted by atomic mass is 35.5. The molecule has 2 N–H and O–H groups in total. The Labute approximate surface area is 175 Å². The summed E-state index contributed by atoms with van der Waals surface area (Å²) in [6.45, 7) is 0.188. The van der Waals surface area contributed by atoms with E-state index >= 15 is 0 Å². The number of aromatic nitrogens is 4. The lowest BCUT2D eigenvalue weighted by Gasteiger charge is -2.03. The van der Waals surface area contributed by atoms with Crippen LogP contribution in [0.2, 0.25) is 10.0 Å². The van der Waals surface area contributed by atoms with E-state index in [1.165, 1.54) is 16.9 Å². The molecule has 4 rings (SSSR count). The molecule has 2 aromatic heterocycles. The second kappa shape index (κ2) is 8.06. The molecule has 0 saturated heterocycles. The Morgan fingerprint density at radius 1 is 1.14 bits per heavy atom. The first-order chi connectivity index (χ1) is 14.0. The molecule has 0 atom stereocenters. The maximum Gasteiger partial charge on any atom is 0.274 e. The number of halogens is 3. The number of rotatable bonds is 5. The molecule has 29 heavy (non-hydrogen) atoms. The Kier molecular flexibility index (Phi) is 5.33. The van der Waals surface area contributed by atoms with Gasteiger partial charge in [-0.3, -0.25) is 14.6 Å². The SMILES string of the molecule is O=C(Nc1nn(Cc2ccccc2F)cc1Cl)c1cc(-c2ccc(Cl)cc2)n[nH]1. The first-order valence-electron chi connectivity index (χ1n) is 8.58. The molecule has 0 saturated carbocycles. The van der Waals surface area contributed by atoms with Crippen molar-refractivity contribution in [2.24, 2.45) is 0 Å². The van der Waals surface area contributed by atoms with Crippen molar-refractivity contribution < 1.29 is 9.18 Å². The van der Waals surface area contributed by atoms with Gasteiger partial charge in [0.1, 0.15) is 16.5 Å². The summed E-state index contributed by atoms with van der Waals surface area (Å²) in [5, 5.41) is 14.5. The maximum atomic E-state index is 13.8. The number of anilines is 1. The van der Waals surface area contributed by atoms with Crippen LogP contribution in [-0.2, 0) is 6.54 Å². The van der Waals surface area contributed by atoms with Gasteiger partial charge in [-0.2, -0.15) is 10.2 Å². The molecule has 0 unspecified atom stereocenters. The van der Waals surface area contributed by atoms with Crippen LogP contribution >= 0.6 is 23.2 Å². The smallest absolute Gasteiger partial charge is 0.274 e. The standard InChI is InChI=1S/C20H14Cl2FN5O/c21-14-7-5-12(6-8-14)17-9-18(26-25-17)20(29)24-19-15(22)11-28(27-19)10-13-3-1-2-4-16(13)23/h1-9,11H,10H2,(H,25,26)(H,24,27,29). The third-order valence-electron chi connectivity index (χ3n) is 4.20. The molecule has 0 bridgehead atoms. The Bertz CT molecular complexity index is 1170. The van der Waals surface area contributed by atoms with Gasteiger partial charge in [0.05, 0.1) is 12.2 Å². The number of hydrogen-bond donors (Lipinski definition) is 2. The zero-order chi connectivity index (χ0) is 20.4. The summed E-state index contributed by atoms with van der Waals surface area (Å²) in [5.74, 6) is -0.608. The lowest BCUT2D eigenvalue weighted by atomic mass is 10.1. The first kappa shape index (κ1) is 19.2. The molecule has 0 aliphatic heterocycles. The van der Waals surface area contributed by atoms with Crippen molar-refractivity contribution in [3.8, 4) is 11.3 Å². The molecule has 0 aliphatic rings. The van der Waals surface area contributed by atoms with Crippen LogP contribution in [0.25, 0.3) is 11.3 Å². The zero-order valence-corrected chi connectivity index (χ0v) is 16.4. The van der Waals surface area contributed by atoms with Crippen molar-refractivity contribution in [2.75, 3.05) is 5.32 Å². The van der Waals surface area contributed by atoms with E-state index in [4.69, 9.17) is 23.2 Å². The van der Waals surface area contributed by atoms with Crippen molar-refractivity contribution in [1.82, 2.24) is 20.0 Å². The minimum atomic E-state index is -0.448.